The molecule has 1 rings (SSSR count). The Balaban J connectivity index is 0. The fraction of sp³-hybridized carbons (Fsp3) is 0. The first-order valence-electron chi connectivity index (χ1n) is 1.35. The number of hydrogen-bond acceptors (Lipinski definition) is 1. The van der Waals surface area contributed by atoms with E-state index in [1.165, 1.54) is 0 Å². The summed E-state index contributed by atoms with van der Waals surface area (Å²) in [6.07, 6.45) is 3.21. The summed E-state index contributed by atoms with van der Waals surface area (Å²) in [6.45, 7) is 0. The van der Waals surface area contributed by atoms with Crippen molar-refractivity contribution in [2.75, 3.05) is 0 Å². The van der Waals surface area contributed by atoms with Gasteiger partial charge in [-0.3, -0.25) is 0 Å². The predicted molar refractivity (Wildman–Crippen MR) is 23.8 cm³/mol. The third-order valence-corrected chi connectivity index (χ3v) is 0.362. The molecular formula is C4H6N2W. The number of aromatic amines is 1. The van der Waals surface area contributed by atoms with Crippen molar-refractivity contribution < 1.29 is 21.1 Å². The summed E-state index contributed by atoms with van der Waals surface area (Å²) in [5.41, 5.74) is 0. The van der Waals surface area contributed by atoms with Crippen LogP contribution in [0.4, 0.5) is 0 Å². The SMILES string of the molecule is [CH3-].[W+2].[c-]1cn[nH]c1. The van der Waals surface area contributed by atoms with Crippen molar-refractivity contribution in [1.82, 2.24) is 10.2 Å². The molecule has 2 nitrogen and oxygen atoms in total. The van der Waals surface area contributed by atoms with Crippen molar-refractivity contribution in [3.63, 3.8) is 0 Å². The molecule has 0 saturated carbocycles. The van der Waals surface area contributed by atoms with Gasteiger partial charge in [-0.05, 0) is 0 Å². The van der Waals surface area contributed by atoms with Gasteiger partial charge in [0.05, 0.1) is 0 Å². The zero-order valence-corrected chi connectivity index (χ0v) is 6.94. The Labute approximate surface area is 57.6 Å². The first kappa shape index (κ1) is 10.0. The van der Waals surface area contributed by atoms with Crippen molar-refractivity contribution in [1.29, 1.82) is 0 Å². The maximum Gasteiger partial charge on any atom is 2.00 e. The van der Waals surface area contributed by atoms with Crippen LogP contribution in [0.15, 0.2) is 12.4 Å². The molecule has 0 aromatic carbocycles. The second-order valence-electron chi connectivity index (χ2n) is 0.698. The van der Waals surface area contributed by atoms with Gasteiger partial charge in [0.15, 0.2) is 0 Å². The number of aromatic nitrogens is 2. The molecule has 0 fully saturated rings. The molecule has 1 N–H and O–H groups in total. The first-order valence-corrected chi connectivity index (χ1v) is 1.35. The molecule has 0 radical (unpaired) electrons. The normalized spacial score (nSPS) is 5.71. The van der Waals surface area contributed by atoms with Crippen LogP contribution in [0.1, 0.15) is 0 Å². The fourth-order valence-electron chi connectivity index (χ4n) is 0.186. The van der Waals surface area contributed by atoms with E-state index in [0.717, 1.165) is 0 Å². The zero-order valence-electron chi connectivity index (χ0n) is 4.01. The van der Waals surface area contributed by atoms with E-state index < -0.39 is 0 Å². The van der Waals surface area contributed by atoms with Crippen molar-refractivity contribution in [2.45, 2.75) is 0 Å². The van der Waals surface area contributed by atoms with Crippen molar-refractivity contribution in [3.8, 4) is 0 Å². The maximum atomic E-state index is 3.54. The van der Waals surface area contributed by atoms with Crippen LogP contribution < -0.4 is 0 Å². The first-order chi connectivity index (χ1) is 2.50. The molecule has 0 saturated heterocycles. The second-order valence-corrected chi connectivity index (χ2v) is 0.698. The summed E-state index contributed by atoms with van der Waals surface area (Å²) in [7, 11) is 0. The minimum atomic E-state index is 0. The van der Waals surface area contributed by atoms with E-state index in [9.17, 15) is 0 Å². The summed E-state index contributed by atoms with van der Waals surface area (Å²) in [4.78, 5) is 0. The van der Waals surface area contributed by atoms with E-state index in [-0.39, 0.29) is 28.5 Å². The summed E-state index contributed by atoms with van der Waals surface area (Å²) in [5.74, 6) is 0. The molecule has 0 aliphatic heterocycles. The summed E-state index contributed by atoms with van der Waals surface area (Å²) < 4.78 is 0. The molecule has 0 amide bonds. The van der Waals surface area contributed by atoms with E-state index in [2.05, 4.69) is 16.3 Å². The second kappa shape index (κ2) is 5.90. The van der Waals surface area contributed by atoms with Crippen LogP contribution in [0.3, 0.4) is 0 Å². The van der Waals surface area contributed by atoms with Gasteiger partial charge in [0, 0.05) is 0 Å². The molecule has 1 heterocycles. The molecule has 0 spiro atoms. The minimum absolute atomic E-state index is 0. The molecule has 7 heavy (non-hydrogen) atoms. The van der Waals surface area contributed by atoms with Gasteiger partial charge < -0.3 is 18.6 Å². The van der Waals surface area contributed by atoms with Gasteiger partial charge in [0.1, 0.15) is 0 Å². The van der Waals surface area contributed by atoms with Gasteiger partial charge in [-0.25, -0.2) is 5.10 Å². The van der Waals surface area contributed by atoms with E-state index in [4.69, 9.17) is 0 Å². The number of nitrogens with zero attached hydrogens (tertiary/aromatic N) is 1. The van der Waals surface area contributed by atoms with Gasteiger partial charge in [0.2, 0.25) is 0 Å². The Hall–Kier alpha value is -0.102. The van der Waals surface area contributed by atoms with Crippen LogP contribution in [-0.4, -0.2) is 10.2 Å². The van der Waals surface area contributed by atoms with Crippen LogP contribution in [0.25, 0.3) is 0 Å². The molecule has 38 valence electrons. The Morgan fingerprint density at radius 3 is 2.43 bits per heavy atom. The molecule has 0 unspecified atom stereocenters. The zero-order chi connectivity index (χ0) is 3.54. The molecular weight excluding hydrogens is 260 g/mol. The minimum Gasteiger partial charge on any atom is -0.433 e. The Morgan fingerprint density at radius 2 is 2.29 bits per heavy atom. The van der Waals surface area contributed by atoms with Crippen LogP contribution in [-0.2, 0) is 21.1 Å². The van der Waals surface area contributed by atoms with Gasteiger partial charge in [-0.2, -0.15) is 6.20 Å². The van der Waals surface area contributed by atoms with Gasteiger partial charge in [-0.15, -0.1) is 6.20 Å². The van der Waals surface area contributed by atoms with Crippen molar-refractivity contribution in [3.05, 3.63) is 25.9 Å². The quantitative estimate of drug-likeness (QED) is 0.686. The maximum absolute atomic E-state index is 3.54. The van der Waals surface area contributed by atoms with Crippen LogP contribution in [0.5, 0.6) is 0 Å². The van der Waals surface area contributed by atoms with E-state index in [1.807, 2.05) is 0 Å². The standard InChI is InChI=1S/C3H3N2.CH3.W/c1-2-4-5-3-1;;/h2-3H,(H,4,5);1H3;/q2*-1;+2. The largest absolute Gasteiger partial charge is 2.00 e. The van der Waals surface area contributed by atoms with Crippen LogP contribution >= 0.6 is 0 Å². The summed E-state index contributed by atoms with van der Waals surface area (Å²) in [6, 6.07) is 2.69. The van der Waals surface area contributed by atoms with Crippen LogP contribution in [0, 0.1) is 13.5 Å². The van der Waals surface area contributed by atoms with Crippen molar-refractivity contribution >= 4 is 0 Å². The van der Waals surface area contributed by atoms with E-state index in [0.29, 0.717) is 0 Å². The average molecular weight is 266 g/mol. The third kappa shape index (κ3) is 3.74. The number of nitrogens with one attached hydrogen (secondary N) is 1. The number of rotatable bonds is 0. The predicted octanol–water partition coefficient (Wildman–Crippen LogP) is 0.658. The molecule has 1 aromatic rings. The van der Waals surface area contributed by atoms with Gasteiger partial charge in [0.25, 0.3) is 0 Å². The molecule has 3 heteroatoms. The Kier molecular flexibility index (Phi) is 8.43. The number of hydrogen-bond donors (Lipinski definition) is 1. The fourth-order valence-corrected chi connectivity index (χ4v) is 0.186. The summed E-state index contributed by atoms with van der Waals surface area (Å²) in [5, 5.41) is 6.10. The van der Waals surface area contributed by atoms with Crippen LogP contribution in [0.2, 0.25) is 0 Å². The van der Waals surface area contributed by atoms with E-state index >= 15 is 0 Å². The molecule has 0 aliphatic rings. The Morgan fingerprint density at radius 1 is 1.57 bits per heavy atom. The topological polar surface area (TPSA) is 28.7 Å². The molecule has 1 aromatic heterocycles. The third-order valence-electron chi connectivity index (χ3n) is 0.362. The van der Waals surface area contributed by atoms with E-state index in [1.54, 1.807) is 12.4 Å². The van der Waals surface area contributed by atoms with Crippen molar-refractivity contribution in [2.24, 2.45) is 0 Å². The number of H-pyrrole nitrogens is 1. The molecule has 0 atom stereocenters. The Bertz CT molecular complexity index is 66.2. The monoisotopic (exact) mass is 266 g/mol. The van der Waals surface area contributed by atoms with Gasteiger partial charge >= 0.3 is 21.1 Å². The smallest absolute Gasteiger partial charge is 0.433 e. The molecule has 0 aliphatic carbocycles. The average Bonchev–Trinajstić information content (AvgIpc) is 1.76. The summed E-state index contributed by atoms with van der Waals surface area (Å²) >= 11 is 0. The van der Waals surface area contributed by atoms with Gasteiger partial charge in [-0.1, -0.05) is 0 Å². The molecule has 0 bridgehead atoms.